The van der Waals surface area contributed by atoms with Crippen LogP contribution in [0.4, 0.5) is 0 Å². The van der Waals surface area contributed by atoms with Crippen LogP contribution in [0.3, 0.4) is 0 Å². The second-order valence-corrected chi connectivity index (χ2v) is 5.19. The van der Waals surface area contributed by atoms with Crippen LogP contribution in [0.5, 0.6) is 5.75 Å². The first kappa shape index (κ1) is 10.8. The van der Waals surface area contributed by atoms with Gasteiger partial charge in [-0.05, 0) is 23.1 Å². The second kappa shape index (κ2) is 3.95. The summed E-state index contributed by atoms with van der Waals surface area (Å²) < 4.78 is 5.76. The molecule has 19 heavy (non-hydrogen) atoms. The molecule has 0 atom stereocenters. The molecule has 0 radical (unpaired) electrons. The summed E-state index contributed by atoms with van der Waals surface area (Å²) in [6, 6.07) is 12.5. The number of benzene rings is 2. The summed E-state index contributed by atoms with van der Waals surface area (Å²) >= 11 is 0. The molecule has 2 aliphatic rings. The maximum atomic E-state index is 11.7. The summed E-state index contributed by atoms with van der Waals surface area (Å²) in [6.45, 7) is 0.774. The highest BCUT2D eigenvalue weighted by atomic mass is 16.5. The lowest BCUT2D eigenvalue weighted by atomic mass is 9.98. The molecular formula is C17H14O2. The summed E-state index contributed by atoms with van der Waals surface area (Å²) in [7, 11) is 0. The number of rotatable bonds is 1. The van der Waals surface area contributed by atoms with E-state index in [2.05, 4.69) is 24.3 Å². The Bertz CT molecular complexity index is 686. The average Bonchev–Trinajstić information content (AvgIpc) is 3.05. The Morgan fingerprint density at radius 1 is 0.895 bits per heavy atom. The van der Waals surface area contributed by atoms with Crippen molar-refractivity contribution in [3.63, 3.8) is 0 Å². The van der Waals surface area contributed by atoms with E-state index in [1.54, 1.807) is 0 Å². The molecule has 1 aliphatic heterocycles. The topological polar surface area (TPSA) is 26.3 Å². The van der Waals surface area contributed by atoms with E-state index >= 15 is 0 Å². The average molecular weight is 250 g/mol. The van der Waals surface area contributed by atoms with Crippen LogP contribution in [-0.2, 0) is 12.8 Å². The van der Waals surface area contributed by atoms with Gasteiger partial charge in [0, 0.05) is 24.0 Å². The van der Waals surface area contributed by atoms with Gasteiger partial charge in [0.2, 0.25) is 0 Å². The van der Waals surface area contributed by atoms with Gasteiger partial charge in [-0.3, -0.25) is 4.79 Å². The molecule has 0 N–H and O–H groups in total. The van der Waals surface area contributed by atoms with Crippen molar-refractivity contribution < 1.29 is 9.53 Å². The van der Waals surface area contributed by atoms with Crippen LogP contribution >= 0.6 is 0 Å². The monoisotopic (exact) mass is 250 g/mol. The zero-order chi connectivity index (χ0) is 12.8. The van der Waals surface area contributed by atoms with Gasteiger partial charge < -0.3 is 4.74 Å². The second-order valence-electron chi connectivity index (χ2n) is 5.19. The molecule has 0 bridgehead atoms. The van der Waals surface area contributed by atoms with Crippen LogP contribution in [0.1, 0.15) is 27.9 Å². The van der Waals surface area contributed by atoms with Crippen LogP contribution in [0.25, 0.3) is 11.1 Å². The summed E-state index contributed by atoms with van der Waals surface area (Å²) in [5.41, 5.74) is 5.67. The fourth-order valence-corrected chi connectivity index (χ4v) is 3.07. The standard InChI is InChI=1S/C17H14O2/c18-16-7-5-12-10-13(4-6-14(12)16)15-3-1-2-11-8-9-19-17(11)15/h1-4,6,10H,5,7-9H2. The molecule has 0 aromatic heterocycles. The predicted molar refractivity (Wildman–Crippen MR) is 73.7 cm³/mol. The van der Waals surface area contributed by atoms with Gasteiger partial charge in [-0.2, -0.15) is 0 Å². The minimum absolute atomic E-state index is 0.274. The van der Waals surface area contributed by atoms with Crippen molar-refractivity contribution in [3.05, 3.63) is 53.1 Å². The van der Waals surface area contributed by atoms with E-state index in [4.69, 9.17) is 4.74 Å². The fraction of sp³-hybridized carbons (Fsp3) is 0.235. The van der Waals surface area contributed by atoms with Gasteiger partial charge in [-0.25, -0.2) is 0 Å². The molecule has 2 nitrogen and oxygen atoms in total. The number of ketones is 1. The maximum absolute atomic E-state index is 11.7. The van der Waals surface area contributed by atoms with Crippen molar-refractivity contribution in [1.29, 1.82) is 0 Å². The van der Waals surface area contributed by atoms with Gasteiger partial charge >= 0.3 is 0 Å². The Morgan fingerprint density at radius 3 is 2.79 bits per heavy atom. The van der Waals surface area contributed by atoms with Crippen molar-refractivity contribution in [2.45, 2.75) is 19.3 Å². The number of ether oxygens (including phenoxy) is 1. The molecular weight excluding hydrogens is 236 g/mol. The van der Waals surface area contributed by atoms with Crippen LogP contribution in [0.15, 0.2) is 36.4 Å². The van der Waals surface area contributed by atoms with Crippen LogP contribution < -0.4 is 4.74 Å². The third kappa shape index (κ3) is 1.60. The predicted octanol–water partition coefficient (Wildman–Crippen LogP) is 3.42. The highest BCUT2D eigenvalue weighted by molar-refractivity contribution is 6.01. The highest BCUT2D eigenvalue weighted by Crippen LogP contribution is 2.38. The van der Waals surface area contributed by atoms with E-state index < -0.39 is 0 Å². The molecule has 2 aromatic rings. The zero-order valence-corrected chi connectivity index (χ0v) is 10.6. The zero-order valence-electron chi connectivity index (χ0n) is 10.6. The number of Topliss-reactive ketones (excluding diaryl/α,β-unsaturated/α-hetero) is 1. The third-order valence-electron chi connectivity index (χ3n) is 4.05. The first-order valence-corrected chi connectivity index (χ1v) is 6.74. The van der Waals surface area contributed by atoms with Crippen molar-refractivity contribution in [2.24, 2.45) is 0 Å². The lowest BCUT2D eigenvalue weighted by molar-refractivity contribution is 0.0994. The van der Waals surface area contributed by atoms with Crippen LogP contribution in [-0.4, -0.2) is 12.4 Å². The van der Waals surface area contributed by atoms with Crippen LogP contribution in [0, 0.1) is 0 Å². The molecule has 2 aromatic carbocycles. The molecule has 0 fully saturated rings. The van der Waals surface area contributed by atoms with E-state index in [-0.39, 0.29) is 5.78 Å². The van der Waals surface area contributed by atoms with Crippen molar-refractivity contribution >= 4 is 5.78 Å². The number of hydrogen-bond acceptors (Lipinski definition) is 2. The maximum Gasteiger partial charge on any atom is 0.163 e. The molecule has 94 valence electrons. The molecule has 0 saturated heterocycles. The van der Waals surface area contributed by atoms with Gasteiger partial charge in [0.25, 0.3) is 0 Å². The van der Waals surface area contributed by atoms with E-state index in [0.717, 1.165) is 41.9 Å². The van der Waals surface area contributed by atoms with Gasteiger partial charge in [0.1, 0.15) is 5.75 Å². The first-order valence-electron chi connectivity index (χ1n) is 6.74. The van der Waals surface area contributed by atoms with Crippen molar-refractivity contribution in [3.8, 4) is 16.9 Å². The van der Waals surface area contributed by atoms with Gasteiger partial charge in [-0.15, -0.1) is 0 Å². The quantitative estimate of drug-likeness (QED) is 0.775. The summed E-state index contributed by atoms with van der Waals surface area (Å²) in [5.74, 6) is 1.29. The Labute approximate surface area is 112 Å². The number of fused-ring (bicyclic) bond motifs is 2. The molecule has 2 heteroatoms. The van der Waals surface area contributed by atoms with E-state index in [9.17, 15) is 4.79 Å². The Kier molecular flexibility index (Phi) is 2.25. The minimum Gasteiger partial charge on any atom is -0.492 e. The Morgan fingerprint density at radius 2 is 1.84 bits per heavy atom. The molecule has 4 rings (SSSR count). The van der Waals surface area contributed by atoms with Gasteiger partial charge in [-0.1, -0.05) is 36.4 Å². The number of para-hydroxylation sites is 1. The summed E-state index contributed by atoms with van der Waals surface area (Å²) in [5, 5.41) is 0. The number of carbonyl (C=O) groups is 1. The number of carbonyl (C=O) groups excluding carboxylic acids is 1. The SMILES string of the molecule is O=C1CCc2cc(-c3cccc4c3OCC4)ccc21. The molecule has 0 unspecified atom stereocenters. The van der Waals surface area contributed by atoms with Gasteiger partial charge in [0.05, 0.1) is 6.61 Å². The van der Waals surface area contributed by atoms with Crippen molar-refractivity contribution in [2.75, 3.05) is 6.61 Å². The van der Waals surface area contributed by atoms with E-state index in [1.165, 1.54) is 11.1 Å². The molecule has 1 heterocycles. The number of hydrogen-bond donors (Lipinski definition) is 0. The fourth-order valence-electron chi connectivity index (χ4n) is 3.07. The molecule has 0 saturated carbocycles. The van der Waals surface area contributed by atoms with Crippen LogP contribution in [0.2, 0.25) is 0 Å². The lowest BCUT2D eigenvalue weighted by Gasteiger charge is -2.09. The smallest absolute Gasteiger partial charge is 0.163 e. The summed E-state index contributed by atoms with van der Waals surface area (Å²) in [4.78, 5) is 11.7. The van der Waals surface area contributed by atoms with E-state index in [0.29, 0.717) is 6.42 Å². The highest BCUT2D eigenvalue weighted by Gasteiger charge is 2.21. The minimum atomic E-state index is 0.274. The molecule has 0 amide bonds. The lowest BCUT2D eigenvalue weighted by Crippen LogP contribution is -1.92. The number of aryl methyl sites for hydroxylation is 1. The Hall–Kier alpha value is -2.09. The summed E-state index contributed by atoms with van der Waals surface area (Å²) in [6.07, 6.45) is 2.52. The molecule has 0 spiro atoms. The largest absolute Gasteiger partial charge is 0.492 e. The Balaban J connectivity index is 1.86. The van der Waals surface area contributed by atoms with Crippen molar-refractivity contribution in [1.82, 2.24) is 0 Å². The first-order chi connectivity index (χ1) is 9.33. The molecule has 1 aliphatic carbocycles. The van der Waals surface area contributed by atoms with E-state index in [1.807, 2.05) is 12.1 Å². The third-order valence-corrected chi connectivity index (χ3v) is 4.05. The normalized spacial score (nSPS) is 16.1. The van der Waals surface area contributed by atoms with Gasteiger partial charge in [0.15, 0.2) is 5.78 Å².